The van der Waals surface area contributed by atoms with E-state index in [9.17, 15) is 13.2 Å². The number of nitrogens with zero attached hydrogens (tertiary/aromatic N) is 1. The lowest BCUT2D eigenvalue weighted by molar-refractivity contribution is -0.127. The van der Waals surface area contributed by atoms with Gasteiger partial charge in [0.1, 0.15) is 5.75 Å². The molecular formula is C14H20Cl2N2O3S. The molecule has 1 aliphatic heterocycles. The molecule has 0 bridgehead atoms. The molecule has 1 aliphatic rings. The number of carbonyl (C=O) groups is 1. The molecule has 0 aliphatic carbocycles. The van der Waals surface area contributed by atoms with Gasteiger partial charge in [-0.2, -0.15) is 0 Å². The first-order valence-electron chi connectivity index (χ1n) is 6.72. The van der Waals surface area contributed by atoms with Crippen LogP contribution in [0, 0.1) is 5.41 Å². The molecule has 1 heterocycles. The van der Waals surface area contributed by atoms with Gasteiger partial charge in [-0.15, -0.1) is 12.4 Å². The van der Waals surface area contributed by atoms with Crippen molar-refractivity contribution < 1.29 is 13.2 Å². The molecule has 8 heteroatoms. The molecular weight excluding hydrogens is 347 g/mol. The lowest BCUT2D eigenvalue weighted by Gasteiger charge is -2.22. The molecule has 1 saturated heterocycles. The molecule has 0 saturated carbocycles. The van der Waals surface area contributed by atoms with Gasteiger partial charge >= 0.3 is 0 Å². The molecule has 1 unspecified atom stereocenters. The van der Waals surface area contributed by atoms with Crippen LogP contribution in [0.2, 0.25) is 5.02 Å². The summed E-state index contributed by atoms with van der Waals surface area (Å²) in [7, 11) is -3.64. The van der Waals surface area contributed by atoms with E-state index in [-0.39, 0.29) is 28.6 Å². The van der Waals surface area contributed by atoms with Gasteiger partial charge in [0.25, 0.3) is 0 Å². The quantitative estimate of drug-likeness (QED) is 0.879. The van der Waals surface area contributed by atoms with Crippen LogP contribution in [0.5, 0.6) is 0 Å². The monoisotopic (exact) mass is 366 g/mol. The van der Waals surface area contributed by atoms with E-state index in [0.717, 1.165) is 6.42 Å². The van der Waals surface area contributed by atoms with Crippen LogP contribution in [-0.4, -0.2) is 44.6 Å². The molecule has 1 amide bonds. The highest BCUT2D eigenvalue weighted by molar-refractivity contribution is 7.92. The standard InChI is InChI=1S/C14H19ClN2O3S.ClH/c1-14(9-16)6-7-17(10-14)13(18)8-21(19,20)12-4-2-11(15)3-5-12;/h2-5H,6-10,16H2,1H3;1H. The third-order valence-electron chi connectivity index (χ3n) is 3.89. The Morgan fingerprint density at radius 1 is 1.36 bits per heavy atom. The van der Waals surface area contributed by atoms with Gasteiger partial charge in [0.05, 0.1) is 4.90 Å². The number of amides is 1. The molecule has 1 aromatic rings. The number of carbonyl (C=O) groups excluding carboxylic acids is 1. The number of hydrogen-bond donors (Lipinski definition) is 1. The number of nitrogens with two attached hydrogens (primary N) is 1. The number of sulfone groups is 1. The summed E-state index contributed by atoms with van der Waals surface area (Å²) < 4.78 is 24.5. The van der Waals surface area contributed by atoms with Crippen LogP contribution in [0.4, 0.5) is 0 Å². The fourth-order valence-corrected chi connectivity index (χ4v) is 3.73. The molecule has 5 nitrogen and oxygen atoms in total. The van der Waals surface area contributed by atoms with Gasteiger partial charge in [-0.05, 0) is 42.6 Å². The Hall–Kier alpha value is -0.820. The zero-order valence-corrected chi connectivity index (χ0v) is 14.7. The van der Waals surface area contributed by atoms with Gasteiger partial charge in [-0.1, -0.05) is 18.5 Å². The smallest absolute Gasteiger partial charge is 0.238 e. The average molecular weight is 367 g/mol. The summed E-state index contributed by atoms with van der Waals surface area (Å²) in [6.07, 6.45) is 0.802. The summed E-state index contributed by atoms with van der Waals surface area (Å²) in [5.74, 6) is -0.892. The van der Waals surface area contributed by atoms with Gasteiger partial charge in [0.2, 0.25) is 5.91 Å². The van der Waals surface area contributed by atoms with Crippen molar-refractivity contribution in [3.05, 3.63) is 29.3 Å². The highest BCUT2D eigenvalue weighted by Gasteiger charge is 2.36. The van der Waals surface area contributed by atoms with E-state index in [0.29, 0.717) is 24.7 Å². The van der Waals surface area contributed by atoms with E-state index in [1.165, 1.54) is 24.3 Å². The lowest BCUT2D eigenvalue weighted by atomic mass is 9.90. The molecule has 0 spiro atoms. The number of rotatable bonds is 4. The predicted octanol–water partition coefficient (Wildman–Crippen LogP) is 1.73. The Morgan fingerprint density at radius 3 is 2.45 bits per heavy atom. The van der Waals surface area contributed by atoms with Crippen LogP contribution >= 0.6 is 24.0 Å². The first-order chi connectivity index (χ1) is 9.76. The maximum atomic E-state index is 12.2. The molecule has 1 fully saturated rings. The average Bonchev–Trinajstić information content (AvgIpc) is 2.82. The van der Waals surface area contributed by atoms with Gasteiger partial charge in [-0.25, -0.2) is 8.42 Å². The molecule has 0 radical (unpaired) electrons. The summed E-state index contributed by atoms with van der Waals surface area (Å²) in [6.45, 7) is 3.57. The number of benzene rings is 1. The van der Waals surface area contributed by atoms with Crippen molar-refractivity contribution in [2.45, 2.75) is 18.2 Å². The topological polar surface area (TPSA) is 80.5 Å². The van der Waals surface area contributed by atoms with E-state index in [2.05, 4.69) is 0 Å². The van der Waals surface area contributed by atoms with Crippen LogP contribution in [0.3, 0.4) is 0 Å². The second kappa shape index (κ2) is 7.17. The Balaban J connectivity index is 0.00000242. The highest BCUT2D eigenvalue weighted by atomic mass is 35.5. The van der Waals surface area contributed by atoms with Crippen LogP contribution in [-0.2, 0) is 14.6 Å². The third-order valence-corrected chi connectivity index (χ3v) is 5.76. The zero-order valence-electron chi connectivity index (χ0n) is 12.3. The van der Waals surface area contributed by atoms with E-state index >= 15 is 0 Å². The van der Waals surface area contributed by atoms with E-state index in [4.69, 9.17) is 17.3 Å². The minimum atomic E-state index is -3.64. The van der Waals surface area contributed by atoms with Crippen LogP contribution in [0.15, 0.2) is 29.2 Å². The molecule has 22 heavy (non-hydrogen) atoms. The third kappa shape index (κ3) is 4.35. The normalized spacial score (nSPS) is 21.5. The largest absolute Gasteiger partial charge is 0.341 e. The molecule has 1 aromatic carbocycles. The van der Waals surface area contributed by atoms with Crippen LogP contribution in [0.25, 0.3) is 0 Å². The fraction of sp³-hybridized carbons (Fsp3) is 0.500. The minimum Gasteiger partial charge on any atom is -0.341 e. The first-order valence-corrected chi connectivity index (χ1v) is 8.75. The molecule has 2 rings (SSSR count). The van der Waals surface area contributed by atoms with Gasteiger partial charge in [0, 0.05) is 18.1 Å². The Bertz CT molecular complexity index is 634. The van der Waals surface area contributed by atoms with Gasteiger partial charge in [0.15, 0.2) is 9.84 Å². The van der Waals surface area contributed by atoms with Crippen molar-refractivity contribution in [1.82, 2.24) is 4.90 Å². The number of likely N-dealkylation sites (tertiary alicyclic amines) is 1. The Labute approximate surface area is 142 Å². The minimum absolute atomic E-state index is 0. The predicted molar refractivity (Wildman–Crippen MR) is 89.1 cm³/mol. The van der Waals surface area contributed by atoms with E-state index < -0.39 is 15.6 Å². The van der Waals surface area contributed by atoms with Crippen molar-refractivity contribution in [2.24, 2.45) is 11.1 Å². The summed E-state index contributed by atoms with van der Waals surface area (Å²) >= 11 is 5.74. The lowest BCUT2D eigenvalue weighted by Crippen LogP contribution is -2.37. The first kappa shape index (κ1) is 19.2. The maximum absolute atomic E-state index is 12.2. The second-order valence-corrected chi connectivity index (χ2v) is 8.22. The number of hydrogen-bond acceptors (Lipinski definition) is 4. The summed E-state index contributed by atoms with van der Waals surface area (Å²) in [4.78, 5) is 13.9. The Kier molecular flexibility index (Phi) is 6.27. The van der Waals surface area contributed by atoms with E-state index in [1.807, 2.05) is 6.92 Å². The Morgan fingerprint density at radius 2 is 1.95 bits per heavy atom. The van der Waals surface area contributed by atoms with Gasteiger partial charge < -0.3 is 10.6 Å². The molecule has 2 N–H and O–H groups in total. The van der Waals surface area contributed by atoms with Crippen molar-refractivity contribution in [2.75, 3.05) is 25.4 Å². The van der Waals surface area contributed by atoms with Crippen LogP contribution < -0.4 is 5.73 Å². The number of halogens is 2. The van der Waals surface area contributed by atoms with Crippen molar-refractivity contribution in [3.63, 3.8) is 0 Å². The molecule has 0 aromatic heterocycles. The molecule has 1 atom stereocenters. The van der Waals surface area contributed by atoms with E-state index in [1.54, 1.807) is 4.90 Å². The van der Waals surface area contributed by atoms with Crippen molar-refractivity contribution >= 4 is 39.8 Å². The van der Waals surface area contributed by atoms with Crippen LogP contribution in [0.1, 0.15) is 13.3 Å². The summed E-state index contributed by atoms with van der Waals surface area (Å²) in [6, 6.07) is 5.83. The van der Waals surface area contributed by atoms with Crippen molar-refractivity contribution in [3.8, 4) is 0 Å². The van der Waals surface area contributed by atoms with Gasteiger partial charge in [-0.3, -0.25) is 4.79 Å². The second-order valence-electron chi connectivity index (χ2n) is 5.79. The highest BCUT2D eigenvalue weighted by Crippen LogP contribution is 2.28. The summed E-state index contributed by atoms with van der Waals surface area (Å²) in [5.41, 5.74) is 5.58. The fourth-order valence-electron chi connectivity index (χ4n) is 2.38. The SMILES string of the molecule is CC1(CN)CCN(C(=O)CS(=O)(=O)c2ccc(Cl)cc2)C1.Cl. The molecule has 124 valence electrons. The maximum Gasteiger partial charge on any atom is 0.238 e. The summed E-state index contributed by atoms with van der Waals surface area (Å²) in [5, 5.41) is 0.457. The van der Waals surface area contributed by atoms with Crippen molar-refractivity contribution in [1.29, 1.82) is 0 Å². The zero-order chi connectivity index (χ0) is 15.7.